The van der Waals surface area contributed by atoms with Gasteiger partial charge in [0, 0.05) is 9.50 Å². The van der Waals surface area contributed by atoms with E-state index >= 15 is 0 Å². The van der Waals surface area contributed by atoms with Gasteiger partial charge < -0.3 is 9.47 Å². The molecule has 35 heavy (non-hydrogen) atoms. The van der Waals surface area contributed by atoms with Gasteiger partial charge in [0.1, 0.15) is 6.61 Å². The minimum absolute atomic E-state index is 0.251. The van der Waals surface area contributed by atoms with Gasteiger partial charge in [-0.3, -0.25) is 9.59 Å². The number of ether oxygens (including phenoxy) is 2. The van der Waals surface area contributed by atoms with E-state index in [2.05, 4.69) is 15.9 Å². The number of imide groups is 1. The number of halogens is 4. The molecule has 0 aromatic heterocycles. The Morgan fingerprint density at radius 3 is 2.46 bits per heavy atom. The summed E-state index contributed by atoms with van der Waals surface area (Å²) in [4.78, 5) is 27.0. The van der Waals surface area contributed by atoms with Gasteiger partial charge in [-0.1, -0.05) is 62.9 Å². The Morgan fingerprint density at radius 1 is 0.971 bits per heavy atom. The number of carbonyl (C=O) groups is 2. The third kappa shape index (κ3) is 5.98. The lowest BCUT2D eigenvalue weighted by Gasteiger charge is -2.15. The van der Waals surface area contributed by atoms with E-state index in [-0.39, 0.29) is 11.5 Å². The van der Waals surface area contributed by atoms with Gasteiger partial charge in [0.25, 0.3) is 11.1 Å². The van der Waals surface area contributed by atoms with Crippen molar-refractivity contribution >= 4 is 85.4 Å². The molecule has 1 aliphatic rings. The molecule has 0 bridgehead atoms. The number of amides is 2. The van der Waals surface area contributed by atoms with E-state index in [1.165, 1.54) is 0 Å². The largest absolute Gasteiger partial charge is 0.490 e. The van der Waals surface area contributed by atoms with Crippen molar-refractivity contribution in [2.75, 3.05) is 11.5 Å². The molecule has 3 aromatic rings. The Morgan fingerprint density at radius 2 is 1.74 bits per heavy atom. The molecule has 180 valence electrons. The van der Waals surface area contributed by atoms with E-state index in [0.29, 0.717) is 48.9 Å². The molecule has 1 heterocycles. The minimum Gasteiger partial charge on any atom is -0.490 e. The van der Waals surface area contributed by atoms with Gasteiger partial charge in [0.05, 0.1) is 27.2 Å². The Balaban J connectivity index is 1.60. The maximum Gasteiger partial charge on any atom is 0.298 e. The van der Waals surface area contributed by atoms with Crippen molar-refractivity contribution < 1.29 is 19.1 Å². The van der Waals surface area contributed by atoms with Gasteiger partial charge in [-0.25, -0.2) is 4.90 Å². The van der Waals surface area contributed by atoms with E-state index in [1.54, 1.807) is 54.6 Å². The molecular weight excluding hydrogens is 597 g/mol. The lowest BCUT2D eigenvalue weighted by atomic mass is 10.1. The number of carbonyl (C=O) groups excluding carboxylic acids is 2. The van der Waals surface area contributed by atoms with Crippen LogP contribution in [0.4, 0.5) is 10.5 Å². The number of hydrogen-bond acceptors (Lipinski definition) is 5. The maximum absolute atomic E-state index is 13.0. The first-order chi connectivity index (χ1) is 16.8. The number of hydrogen-bond donors (Lipinski definition) is 0. The molecule has 2 amide bonds. The van der Waals surface area contributed by atoms with Gasteiger partial charge in [0.15, 0.2) is 11.5 Å². The van der Waals surface area contributed by atoms with E-state index in [4.69, 9.17) is 44.3 Å². The predicted octanol–water partition coefficient (Wildman–Crippen LogP) is 8.63. The van der Waals surface area contributed by atoms with Crippen molar-refractivity contribution in [3.05, 3.63) is 90.2 Å². The Hall–Kier alpha value is -2.16. The zero-order chi connectivity index (χ0) is 25.1. The summed E-state index contributed by atoms with van der Waals surface area (Å²) in [6, 6.07) is 15.4. The summed E-state index contributed by atoms with van der Waals surface area (Å²) in [5.74, 6) is 0.581. The van der Waals surface area contributed by atoms with Gasteiger partial charge >= 0.3 is 0 Å². The summed E-state index contributed by atoms with van der Waals surface area (Å²) < 4.78 is 12.4. The molecule has 4 rings (SSSR count). The van der Waals surface area contributed by atoms with Crippen LogP contribution in [0.5, 0.6) is 11.5 Å². The number of thioether (sulfide) groups is 1. The summed E-state index contributed by atoms with van der Waals surface area (Å²) in [5, 5.41) is 0.954. The summed E-state index contributed by atoms with van der Waals surface area (Å²) in [6.07, 6.45) is 1.64. The molecule has 5 nitrogen and oxygen atoms in total. The van der Waals surface area contributed by atoms with Crippen LogP contribution in [0.15, 0.2) is 64.0 Å². The van der Waals surface area contributed by atoms with Gasteiger partial charge in [0.2, 0.25) is 0 Å². The molecule has 0 unspecified atom stereocenters. The fraction of sp³-hybridized carbons (Fsp3) is 0.120. The monoisotopic (exact) mass is 611 g/mol. The molecule has 0 N–H and O–H groups in total. The number of benzene rings is 3. The lowest BCUT2D eigenvalue weighted by molar-refractivity contribution is -0.113. The van der Waals surface area contributed by atoms with E-state index in [9.17, 15) is 9.59 Å². The first kappa shape index (κ1) is 25.9. The van der Waals surface area contributed by atoms with Crippen molar-refractivity contribution in [3.63, 3.8) is 0 Å². The highest BCUT2D eigenvalue weighted by Crippen LogP contribution is 2.40. The topological polar surface area (TPSA) is 55.8 Å². The van der Waals surface area contributed by atoms with Gasteiger partial charge in [-0.2, -0.15) is 0 Å². The highest BCUT2D eigenvalue weighted by atomic mass is 79.9. The van der Waals surface area contributed by atoms with Crippen molar-refractivity contribution in [2.24, 2.45) is 0 Å². The van der Waals surface area contributed by atoms with Gasteiger partial charge in [-0.15, -0.1) is 0 Å². The summed E-state index contributed by atoms with van der Waals surface area (Å²) in [5.41, 5.74) is 1.92. The average molecular weight is 614 g/mol. The minimum atomic E-state index is -0.424. The van der Waals surface area contributed by atoms with E-state index < -0.39 is 11.1 Å². The first-order valence-electron chi connectivity index (χ1n) is 10.3. The van der Waals surface area contributed by atoms with Crippen molar-refractivity contribution in [2.45, 2.75) is 13.5 Å². The number of anilines is 1. The van der Waals surface area contributed by atoms with Crippen LogP contribution in [-0.2, 0) is 11.4 Å². The van der Waals surface area contributed by atoms with Crippen LogP contribution in [0.3, 0.4) is 0 Å². The molecule has 0 atom stereocenters. The highest BCUT2D eigenvalue weighted by Gasteiger charge is 2.36. The van der Waals surface area contributed by atoms with Crippen LogP contribution >= 0.6 is 62.5 Å². The van der Waals surface area contributed by atoms with Crippen LogP contribution in [0, 0.1) is 0 Å². The van der Waals surface area contributed by atoms with E-state index in [0.717, 1.165) is 22.2 Å². The first-order valence-corrected chi connectivity index (χ1v) is 13.1. The second-order valence-electron chi connectivity index (χ2n) is 7.29. The molecule has 10 heteroatoms. The van der Waals surface area contributed by atoms with E-state index in [1.807, 2.05) is 13.0 Å². The Kier molecular flexibility index (Phi) is 8.34. The Bertz CT molecular complexity index is 1350. The molecule has 1 fully saturated rings. The highest BCUT2D eigenvalue weighted by molar-refractivity contribution is 9.10. The molecule has 1 aliphatic heterocycles. The summed E-state index contributed by atoms with van der Waals surface area (Å²) >= 11 is 22.5. The predicted molar refractivity (Wildman–Crippen MR) is 146 cm³/mol. The molecule has 0 saturated carbocycles. The van der Waals surface area contributed by atoms with Gasteiger partial charge in [-0.05, 0) is 78.4 Å². The third-order valence-corrected chi connectivity index (χ3v) is 7.42. The molecule has 1 saturated heterocycles. The number of rotatable bonds is 7. The molecule has 0 aliphatic carbocycles. The normalized spacial score (nSPS) is 14.7. The number of nitrogens with zero attached hydrogens (tertiary/aromatic N) is 1. The summed E-state index contributed by atoms with van der Waals surface area (Å²) in [6.45, 7) is 2.53. The smallest absolute Gasteiger partial charge is 0.298 e. The maximum atomic E-state index is 13.0. The third-order valence-electron chi connectivity index (χ3n) is 4.89. The second kappa shape index (κ2) is 11.3. The zero-order valence-corrected chi connectivity index (χ0v) is 22.9. The second-order valence-corrected chi connectivity index (χ2v) is 10.4. The average Bonchev–Trinajstić information content (AvgIpc) is 3.09. The quantitative estimate of drug-likeness (QED) is 0.250. The van der Waals surface area contributed by atoms with Crippen molar-refractivity contribution in [3.8, 4) is 11.5 Å². The van der Waals surface area contributed by atoms with Crippen LogP contribution < -0.4 is 14.4 Å². The fourth-order valence-electron chi connectivity index (χ4n) is 3.28. The van der Waals surface area contributed by atoms with Crippen LogP contribution in [0.25, 0.3) is 6.08 Å². The molecule has 0 radical (unpaired) electrons. The molecule has 0 spiro atoms. The lowest BCUT2D eigenvalue weighted by Crippen LogP contribution is -2.27. The Labute approximate surface area is 230 Å². The fourth-order valence-corrected chi connectivity index (χ4v) is 5.05. The SMILES string of the molecule is CCOc1cc(/C=C2/SC(=O)N(c3cccc(Cl)c3)C2=O)c(Br)cc1OCc1ccc(Cl)c(Cl)c1. The van der Waals surface area contributed by atoms with Crippen LogP contribution in [0.2, 0.25) is 15.1 Å². The summed E-state index contributed by atoms with van der Waals surface area (Å²) in [7, 11) is 0. The van der Waals surface area contributed by atoms with Crippen molar-refractivity contribution in [1.82, 2.24) is 0 Å². The zero-order valence-electron chi connectivity index (χ0n) is 18.2. The molecular formula is C25H17BrCl3NO4S. The molecule has 3 aromatic carbocycles. The van der Waals surface area contributed by atoms with Crippen molar-refractivity contribution in [1.29, 1.82) is 0 Å². The van der Waals surface area contributed by atoms with Crippen LogP contribution in [0.1, 0.15) is 18.1 Å². The standard InChI is InChI=1S/C25H17BrCl3NO4S/c1-2-33-21-9-15(18(26)12-22(21)34-13-14-6-7-19(28)20(29)8-14)10-23-24(31)30(25(32)35-23)17-5-3-4-16(27)11-17/h3-12H,2,13H2,1H3/b23-10+. The van der Waals surface area contributed by atoms with Crippen LogP contribution in [-0.4, -0.2) is 17.8 Å².